The Balaban J connectivity index is 2.19. The van der Waals surface area contributed by atoms with Crippen molar-refractivity contribution in [1.29, 1.82) is 0 Å². The van der Waals surface area contributed by atoms with Crippen molar-refractivity contribution in [3.05, 3.63) is 48.0 Å². The number of carbonyl (C=O) groups excluding carboxylic acids is 1. The first-order valence-corrected chi connectivity index (χ1v) is 6.32. The molecule has 5 nitrogen and oxygen atoms in total. The predicted octanol–water partition coefficient (Wildman–Crippen LogP) is 3.55. The van der Waals surface area contributed by atoms with Crippen LogP contribution in [0, 0.1) is 0 Å². The van der Waals surface area contributed by atoms with Gasteiger partial charge < -0.3 is 19.9 Å². The van der Waals surface area contributed by atoms with Gasteiger partial charge in [-0.25, -0.2) is 0 Å². The molecule has 8 heteroatoms. The molecule has 0 unspecified atom stereocenters. The Labute approximate surface area is 129 Å². The standard InChI is InChI=1S/C15H12F3NO4/c1-22-10-5-6-13(20)12(8-10)14(21)19-9-3-2-4-11(7-9)23-15(16,17)18/h2-8,20H,1H3,(H,19,21). The lowest BCUT2D eigenvalue weighted by Gasteiger charge is -2.11. The van der Waals surface area contributed by atoms with Gasteiger partial charge in [0.25, 0.3) is 5.91 Å². The van der Waals surface area contributed by atoms with Crippen molar-refractivity contribution in [2.75, 3.05) is 12.4 Å². The number of halogens is 3. The van der Waals surface area contributed by atoms with Gasteiger partial charge in [0.15, 0.2) is 0 Å². The Hall–Kier alpha value is -2.90. The molecule has 0 bridgehead atoms. The summed E-state index contributed by atoms with van der Waals surface area (Å²) in [6.07, 6.45) is -4.83. The molecule has 0 aromatic heterocycles. The average molecular weight is 327 g/mol. The summed E-state index contributed by atoms with van der Waals surface area (Å²) in [5.41, 5.74) is 0.00506. The van der Waals surface area contributed by atoms with Crippen molar-refractivity contribution in [2.45, 2.75) is 6.36 Å². The summed E-state index contributed by atoms with van der Waals surface area (Å²) in [6, 6.07) is 8.84. The van der Waals surface area contributed by atoms with Gasteiger partial charge in [-0.05, 0) is 30.3 Å². The highest BCUT2D eigenvalue weighted by Gasteiger charge is 2.31. The van der Waals surface area contributed by atoms with Crippen LogP contribution < -0.4 is 14.8 Å². The van der Waals surface area contributed by atoms with Gasteiger partial charge >= 0.3 is 6.36 Å². The zero-order chi connectivity index (χ0) is 17.0. The molecule has 2 aromatic rings. The van der Waals surface area contributed by atoms with E-state index in [9.17, 15) is 23.1 Å². The molecule has 0 radical (unpaired) electrons. The molecule has 0 aliphatic carbocycles. The third-order valence-corrected chi connectivity index (χ3v) is 2.77. The third kappa shape index (κ3) is 4.53. The van der Waals surface area contributed by atoms with Crippen LogP contribution in [0.2, 0.25) is 0 Å². The molecule has 23 heavy (non-hydrogen) atoms. The molecule has 2 aromatic carbocycles. The van der Waals surface area contributed by atoms with Crippen LogP contribution in [0.25, 0.3) is 0 Å². The zero-order valence-corrected chi connectivity index (χ0v) is 11.8. The second-order valence-corrected chi connectivity index (χ2v) is 4.41. The van der Waals surface area contributed by atoms with Crippen molar-refractivity contribution in [1.82, 2.24) is 0 Å². The van der Waals surface area contributed by atoms with E-state index in [-0.39, 0.29) is 17.0 Å². The van der Waals surface area contributed by atoms with Gasteiger partial charge in [-0.1, -0.05) is 6.07 Å². The molecule has 122 valence electrons. The zero-order valence-electron chi connectivity index (χ0n) is 11.8. The summed E-state index contributed by atoms with van der Waals surface area (Å²) < 4.78 is 45.3. The van der Waals surface area contributed by atoms with Gasteiger partial charge in [0.2, 0.25) is 0 Å². The van der Waals surface area contributed by atoms with E-state index in [1.54, 1.807) is 0 Å². The maximum Gasteiger partial charge on any atom is 0.573 e. The number of hydrogen-bond donors (Lipinski definition) is 2. The summed E-state index contributed by atoms with van der Waals surface area (Å²) in [5, 5.41) is 12.1. The third-order valence-electron chi connectivity index (χ3n) is 2.77. The number of rotatable bonds is 4. The van der Waals surface area contributed by atoms with Crippen LogP contribution >= 0.6 is 0 Å². The van der Waals surface area contributed by atoms with Crippen molar-refractivity contribution >= 4 is 11.6 Å². The van der Waals surface area contributed by atoms with Gasteiger partial charge in [0, 0.05) is 11.8 Å². The van der Waals surface area contributed by atoms with Crippen molar-refractivity contribution < 1.29 is 32.5 Å². The maximum atomic E-state index is 12.2. The van der Waals surface area contributed by atoms with Gasteiger partial charge in [0.05, 0.1) is 12.7 Å². The van der Waals surface area contributed by atoms with Crippen LogP contribution in [0.5, 0.6) is 17.2 Å². The first-order valence-electron chi connectivity index (χ1n) is 6.32. The maximum absolute atomic E-state index is 12.2. The van der Waals surface area contributed by atoms with E-state index in [2.05, 4.69) is 10.1 Å². The highest BCUT2D eigenvalue weighted by molar-refractivity contribution is 6.06. The highest BCUT2D eigenvalue weighted by Crippen LogP contribution is 2.27. The first kappa shape index (κ1) is 16.5. The Morgan fingerprint density at radius 1 is 1.13 bits per heavy atom. The predicted molar refractivity (Wildman–Crippen MR) is 75.7 cm³/mol. The largest absolute Gasteiger partial charge is 0.573 e. The van der Waals surface area contributed by atoms with E-state index >= 15 is 0 Å². The fourth-order valence-corrected chi connectivity index (χ4v) is 1.79. The van der Waals surface area contributed by atoms with E-state index < -0.39 is 18.0 Å². The van der Waals surface area contributed by atoms with E-state index in [0.29, 0.717) is 5.75 Å². The van der Waals surface area contributed by atoms with Crippen molar-refractivity contribution in [3.8, 4) is 17.2 Å². The number of aromatic hydroxyl groups is 1. The topological polar surface area (TPSA) is 67.8 Å². The monoisotopic (exact) mass is 327 g/mol. The molecule has 0 saturated heterocycles. The number of carbonyl (C=O) groups is 1. The molecule has 0 atom stereocenters. The summed E-state index contributed by atoms with van der Waals surface area (Å²) >= 11 is 0. The van der Waals surface area contributed by atoms with Gasteiger partial charge in [-0.15, -0.1) is 13.2 Å². The molecule has 1 amide bonds. The number of ether oxygens (including phenoxy) is 2. The number of amides is 1. The Bertz CT molecular complexity index is 716. The van der Waals surface area contributed by atoms with Gasteiger partial charge in [-0.2, -0.15) is 0 Å². The minimum absolute atomic E-state index is 0.0773. The van der Waals surface area contributed by atoms with E-state index in [4.69, 9.17) is 4.74 Å². The number of phenols is 1. The minimum atomic E-state index is -4.83. The second-order valence-electron chi connectivity index (χ2n) is 4.41. The van der Waals surface area contributed by atoms with Crippen LogP contribution in [-0.2, 0) is 0 Å². The molecule has 0 saturated carbocycles. The molecule has 0 fully saturated rings. The lowest BCUT2D eigenvalue weighted by Crippen LogP contribution is -2.17. The number of hydrogen-bond acceptors (Lipinski definition) is 4. The lowest BCUT2D eigenvalue weighted by atomic mass is 10.1. The van der Waals surface area contributed by atoms with Crippen LogP contribution in [-0.4, -0.2) is 24.5 Å². The molecule has 0 aliphatic rings. The number of phenolic OH excluding ortho intramolecular Hbond substituents is 1. The van der Waals surface area contributed by atoms with Crippen LogP contribution in [0.1, 0.15) is 10.4 Å². The van der Waals surface area contributed by atoms with Crippen molar-refractivity contribution in [2.24, 2.45) is 0 Å². The fourth-order valence-electron chi connectivity index (χ4n) is 1.79. The number of anilines is 1. The molecule has 0 spiro atoms. The normalized spacial score (nSPS) is 11.0. The molecule has 2 rings (SSSR count). The van der Waals surface area contributed by atoms with E-state index in [0.717, 1.165) is 12.1 Å². The Morgan fingerprint density at radius 2 is 1.87 bits per heavy atom. The van der Waals surface area contributed by atoms with Gasteiger partial charge in [-0.3, -0.25) is 4.79 Å². The Kier molecular flexibility index (Phi) is 4.63. The molecule has 2 N–H and O–H groups in total. The lowest BCUT2D eigenvalue weighted by molar-refractivity contribution is -0.274. The van der Waals surface area contributed by atoms with E-state index in [1.807, 2.05) is 0 Å². The summed E-state index contributed by atoms with van der Waals surface area (Å²) in [7, 11) is 1.39. The van der Waals surface area contributed by atoms with Crippen LogP contribution in [0.15, 0.2) is 42.5 Å². The highest BCUT2D eigenvalue weighted by atomic mass is 19.4. The number of nitrogens with one attached hydrogen (secondary N) is 1. The van der Waals surface area contributed by atoms with Crippen LogP contribution in [0.3, 0.4) is 0 Å². The summed E-state index contributed by atoms with van der Waals surface area (Å²) in [5.74, 6) is -1.11. The molecule has 0 heterocycles. The molecule has 0 aliphatic heterocycles. The van der Waals surface area contributed by atoms with Crippen molar-refractivity contribution in [3.63, 3.8) is 0 Å². The number of alkyl halides is 3. The van der Waals surface area contributed by atoms with Crippen LogP contribution in [0.4, 0.5) is 18.9 Å². The average Bonchev–Trinajstić information content (AvgIpc) is 2.46. The fraction of sp³-hybridized carbons (Fsp3) is 0.133. The number of benzene rings is 2. The quantitative estimate of drug-likeness (QED) is 0.901. The minimum Gasteiger partial charge on any atom is -0.507 e. The first-order chi connectivity index (χ1) is 10.8. The van der Waals surface area contributed by atoms with Gasteiger partial charge in [0.1, 0.15) is 17.2 Å². The smallest absolute Gasteiger partial charge is 0.507 e. The molecular formula is C15H12F3NO4. The Morgan fingerprint density at radius 3 is 2.52 bits per heavy atom. The summed E-state index contributed by atoms with van der Waals surface area (Å²) in [6.45, 7) is 0. The second kappa shape index (κ2) is 6.47. The van der Waals surface area contributed by atoms with E-state index in [1.165, 1.54) is 37.4 Å². The SMILES string of the molecule is COc1ccc(O)c(C(=O)Nc2cccc(OC(F)(F)F)c2)c1. The molecular weight excluding hydrogens is 315 g/mol. The number of methoxy groups -OCH3 is 1. The summed E-state index contributed by atoms with van der Waals surface area (Å²) in [4.78, 5) is 12.1.